The van der Waals surface area contributed by atoms with E-state index in [1.807, 2.05) is 43.3 Å². The minimum atomic E-state index is -3.73. The van der Waals surface area contributed by atoms with Gasteiger partial charge in [0.2, 0.25) is 5.91 Å². The molecule has 9 heteroatoms. The third kappa shape index (κ3) is 4.72. The zero-order valence-corrected chi connectivity index (χ0v) is 19.6. The SMILES string of the molecule is CCOc1ccccc1N1C(=O)CSC1c1ccc(NS(=O)(=O)c2ccc(Cl)cc2)cc1. The first-order valence-electron chi connectivity index (χ1n) is 9.93. The third-order valence-corrected chi connectivity index (χ3v) is 7.73. The van der Waals surface area contributed by atoms with E-state index in [2.05, 4.69) is 4.72 Å². The largest absolute Gasteiger partial charge is 0.492 e. The number of sulfonamides is 1. The van der Waals surface area contributed by atoms with Crippen LogP contribution in [0.3, 0.4) is 0 Å². The van der Waals surface area contributed by atoms with Crippen LogP contribution in [0.25, 0.3) is 0 Å². The summed E-state index contributed by atoms with van der Waals surface area (Å²) >= 11 is 7.36. The van der Waals surface area contributed by atoms with Gasteiger partial charge in [-0.15, -0.1) is 11.8 Å². The number of thioether (sulfide) groups is 1. The smallest absolute Gasteiger partial charge is 0.261 e. The van der Waals surface area contributed by atoms with Crippen LogP contribution in [0.5, 0.6) is 5.75 Å². The number of anilines is 2. The molecule has 3 aromatic rings. The molecule has 1 amide bonds. The van der Waals surface area contributed by atoms with Crippen molar-refractivity contribution < 1.29 is 17.9 Å². The van der Waals surface area contributed by atoms with Crippen molar-refractivity contribution in [3.63, 3.8) is 0 Å². The molecule has 166 valence electrons. The van der Waals surface area contributed by atoms with E-state index in [4.69, 9.17) is 16.3 Å². The number of nitrogens with zero attached hydrogens (tertiary/aromatic N) is 1. The van der Waals surface area contributed by atoms with Gasteiger partial charge in [0.25, 0.3) is 10.0 Å². The summed E-state index contributed by atoms with van der Waals surface area (Å²) in [5.74, 6) is 1.01. The van der Waals surface area contributed by atoms with Gasteiger partial charge in [0.05, 0.1) is 22.9 Å². The number of benzene rings is 3. The number of hydrogen-bond donors (Lipinski definition) is 1. The number of amides is 1. The minimum absolute atomic E-state index is 0.000305. The van der Waals surface area contributed by atoms with Gasteiger partial charge >= 0.3 is 0 Å². The highest BCUT2D eigenvalue weighted by atomic mass is 35.5. The fourth-order valence-corrected chi connectivity index (χ4v) is 5.76. The van der Waals surface area contributed by atoms with Crippen LogP contribution in [0.15, 0.2) is 77.7 Å². The lowest BCUT2D eigenvalue weighted by Crippen LogP contribution is -2.28. The Kier molecular flexibility index (Phi) is 6.64. The number of ether oxygens (including phenoxy) is 1. The normalized spacial score (nSPS) is 16.2. The van der Waals surface area contributed by atoms with Gasteiger partial charge in [0.1, 0.15) is 11.1 Å². The van der Waals surface area contributed by atoms with Gasteiger partial charge in [-0.25, -0.2) is 8.42 Å². The molecule has 0 radical (unpaired) electrons. The zero-order chi connectivity index (χ0) is 22.7. The van der Waals surface area contributed by atoms with E-state index in [1.165, 1.54) is 36.0 Å². The van der Waals surface area contributed by atoms with Gasteiger partial charge < -0.3 is 4.74 Å². The highest BCUT2D eigenvalue weighted by Crippen LogP contribution is 2.45. The molecule has 1 N–H and O–H groups in total. The molecule has 0 bridgehead atoms. The molecule has 0 spiro atoms. The Balaban J connectivity index is 1.57. The molecule has 0 saturated carbocycles. The summed E-state index contributed by atoms with van der Waals surface area (Å²) in [6, 6.07) is 20.5. The van der Waals surface area contributed by atoms with Crippen LogP contribution >= 0.6 is 23.4 Å². The maximum absolute atomic E-state index is 12.7. The number of carbonyl (C=O) groups excluding carboxylic acids is 1. The predicted molar refractivity (Wildman–Crippen MR) is 129 cm³/mol. The Hall–Kier alpha value is -2.68. The average Bonchev–Trinajstić information content (AvgIpc) is 3.16. The molecule has 1 saturated heterocycles. The van der Waals surface area contributed by atoms with E-state index in [0.717, 1.165) is 11.3 Å². The number of nitrogens with one attached hydrogen (secondary N) is 1. The quantitative estimate of drug-likeness (QED) is 0.487. The van der Waals surface area contributed by atoms with Crippen LogP contribution in [0.1, 0.15) is 17.9 Å². The van der Waals surface area contributed by atoms with Crippen molar-refractivity contribution in [2.45, 2.75) is 17.2 Å². The van der Waals surface area contributed by atoms with Crippen molar-refractivity contribution in [3.8, 4) is 5.75 Å². The van der Waals surface area contributed by atoms with Crippen molar-refractivity contribution in [3.05, 3.63) is 83.4 Å². The summed E-state index contributed by atoms with van der Waals surface area (Å²) in [6.45, 7) is 2.40. The minimum Gasteiger partial charge on any atom is -0.492 e. The Morgan fingerprint density at radius 3 is 2.44 bits per heavy atom. The van der Waals surface area contributed by atoms with Crippen molar-refractivity contribution >= 4 is 50.7 Å². The molecule has 32 heavy (non-hydrogen) atoms. The number of rotatable bonds is 7. The summed E-state index contributed by atoms with van der Waals surface area (Å²) in [6.07, 6.45) is 0. The van der Waals surface area contributed by atoms with Crippen LogP contribution in [-0.2, 0) is 14.8 Å². The van der Waals surface area contributed by atoms with Gasteiger partial charge in [-0.3, -0.25) is 14.4 Å². The molecule has 0 aromatic heterocycles. The summed E-state index contributed by atoms with van der Waals surface area (Å²) in [5.41, 5.74) is 2.04. The van der Waals surface area contributed by atoms with E-state index >= 15 is 0 Å². The van der Waals surface area contributed by atoms with Crippen LogP contribution in [0, 0.1) is 0 Å². The first-order valence-corrected chi connectivity index (χ1v) is 12.8. The number of para-hydroxylation sites is 2. The lowest BCUT2D eigenvalue weighted by atomic mass is 10.1. The van der Waals surface area contributed by atoms with Crippen LogP contribution in [-0.4, -0.2) is 26.7 Å². The van der Waals surface area contributed by atoms with Crippen LogP contribution in [0.2, 0.25) is 5.02 Å². The molecule has 1 atom stereocenters. The van der Waals surface area contributed by atoms with Crippen LogP contribution < -0.4 is 14.4 Å². The monoisotopic (exact) mass is 488 g/mol. The lowest BCUT2D eigenvalue weighted by molar-refractivity contribution is -0.115. The zero-order valence-electron chi connectivity index (χ0n) is 17.2. The summed E-state index contributed by atoms with van der Waals surface area (Å²) in [4.78, 5) is 14.6. The number of halogens is 1. The summed E-state index contributed by atoms with van der Waals surface area (Å²) in [7, 11) is -3.73. The van der Waals surface area contributed by atoms with Gasteiger partial charge in [0.15, 0.2) is 0 Å². The van der Waals surface area contributed by atoms with Crippen molar-refractivity contribution in [1.82, 2.24) is 0 Å². The van der Waals surface area contributed by atoms with E-state index in [0.29, 0.717) is 28.8 Å². The van der Waals surface area contributed by atoms with Crippen molar-refractivity contribution in [1.29, 1.82) is 0 Å². The van der Waals surface area contributed by atoms with E-state index in [1.54, 1.807) is 17.0 Å². The molecule has 1 aliphatic rings. The maximum atomic E-state index is 12.7. The van der Waals surface area contributed by atoms with E-state index < -0.39 is 10.0 Å². The van der Waals surface area contributed by atoms with E-state index in [9.17, 15) is 13.2 Å². The number of carbonyl (C=O) groups is 1. The number of hydrogen-bond acceptors (Lipinski definition) is 5. The first-order chi connectivity index (χ1) is 15.4. The topological polar surface area (TPSA) is 75.7 Å². The second kappa shape index (κ2) is 9.44. The predicted octanol–water partition coefficient (Wildman–Crippen LogP) is 5.32. The highest BCUT2D eigenvalue weighted by Gasteiger charge is 2.35. The second-order valence-electron chi connectivity index (χ2n) is 7.01. The summed E-state index contributed by atoms with van der Waals surface area (Å²) < 4.78 is 33.5. The Morgan fingerprint density at radius 2 is 1.75 bits per heavy atom. The molecule has 4 rings (SSSR count). The van der Waals surface area contributed by atoms with Gasteiger partial charge in [-0.2, -0.15) is 0 Å². The highest BCUT2D eigenvalue weighted by molar-refractivity contribution is 8.00. The molecule has 3 aromatic carbocycles. The van der Waals surface area contributed by atoms with Gasteiger partial charge in [-0.1, -0.05) is 35.9 Å². The third-order valence-electron chi connectivity index (χ3n) is 4.86. The molecule has 1 heterocycles. The standard InChI is InChI=1S/C23H21ClN2O4S2/c1-2-30-21-6-4-3-5-20(21)26-22(27)15-31-23(26)16-7-11-18(12-8-16)25-32(28,29)19-13-9-17(24)10-14-19/h3-14,23,25H,2,15H2,1H3. The van der Waals surface area contributed by atoms with E-state index in [-0.39, 0.29) is 16.2 Å². The Bertz CT molecular complexity index is 1220. The second-order valence-corrected chi connectivity index (χ2v) is 10.2. The lowest BCUT2D eigenvalue weighted by Gasteiger charge is -2.26. The summed E-state index contributed by atoms with van der Waals surface area (Å²) in [5, 5.41) is 0.235. The maximum Gasteiger partial charge on any atom is 0.261 e. The molecule has 6 nitrogen and oxygen atoms in total. The molecule has 1 unspecified atom stereocenters. The Morgan fingerprint density at radius 1 is 1.06 bits per heavy atom. The molecule has 1 aliphatic heterocycles. The average molecular weight is 489 g/mol. The van der Waals surface area contributed by atoms with Gasteiger partial charge in [0, 0.05) is 10.7 Å². The molecular weight excluding hydrogens is 468 g/mol. The van der Waals surface area contributed by atoms with Crippen molar-refractivity contribution in [2.24, 2.45) is 0 Å². The fraction of sp³-hybridized carbons (Fsp3) is 0.174. The van der Waals surface area contributed by atoms with Gasteiger partial charge in [-0.05, 0) is 61.0 Å². The fourth-order valence-electron chi connectivity index (χ4n) is 3.41. The molecule has 0 aliphatic carbocycles. The molecular formula is C23H21ClN2O4S2. The van der Waals surface area contributed by atoms with Crippen molar-refractivity contribution in [2.75, 3.05) is 22.0 Å². The van der Waals surface area contributed by atoms with Crippen LogP contribution in [0.4, 0.5) is 11.4 Å². The Labute approximate surface area is 196 Å². The molecule has 1 fully saturated rings. The first kappa shape index (κ1) is 22.5.